The molecule has 0 aliphatic carbocycles. The van der Waals surface area contributed by atoms with Crippen LogP contribution in [0.4, 0.5) is 5.69 Å². The molecule has 0 aromatic heterocycles. The van der Waals surface area contributed by atoms with E-state index in [0.29, 0.717) is 13.2 Å². The predicted octanol–water partition coefficient (Wildman–Crippen LogP) is 1.42. The minimum Gasteiger partial charge on any atom is -0.491 e. The van der Waals surface area contributed by atoms with Crippen molar-refractivity contribution in [2.24, 2.45) is 5.73 Å². The number of ether oxygens (including phenoxy) is 2. The zero-order valence-corrected chi connectivity index (χ0v) is 9.23. The summed E-state index contributed by atoms with van der Waals surface area (Å²) < 4.78 is 10.6. The highest BCUT2D eigenvalue weighted by Gasteiger charge is 2.22. The molecule has 88 valence electrons. The molecule has 2 rings (SSSR count). The number of methoxy groups -OCH3 is 1. The lowest BCUT2D eigenvalue weighted by molar-refractivity contribution is 0.127. The number of hydrogen-bond donors (Lipinski definition) is 2. The molecule has 0 spiro atoms. The summed E-state index contributed by atoms with van der Waals surface area (Å²) in [6, 6.07) is 5.71. The van der Waals surface area contributed by atoms with Crippen molar-refractivity contribution in [3.05, 3.63) is 23.8 Å². The molecule has 0 saturated heterocycles. The topological polar surface area (TPSA) is 65.7 Å². The second-order valence-corrected chi connectivity index (χ2v) is 3.56. The summed E-state index contributed by atoms with van der Waals surface area (Å²) in [6.07, 6.45) is 0.435. The van der Waals surface area contributed by atoms with Gasteiger partial charge in [-0.3, -0.25) is 10.3 Å². The van der Waals surface area contributed by atoms with E-state index in [1.807, 2.05) is 18.2 Å². The van der Waals surface area contributed by atoms with E-state index in [-0.39, 0.29) is 0 Å². The third-order valence-corrected chi connectivity index (χ3v) is 2.40. The molecule has 1 aromatic rings. The van der Waals surface area contributed by atoms with Gasteiger partial charge < -0.3 is 15.2 Å². The Labute approximate surface area is 94.4 Å². The summed E-state index contributed by atoms with van der Waals surface area (Å²) in [4.78, 5) is 5.11. The SMILES string of the molecule is COCCCOc1cccc2c1NOC2N. The van der Waals surface area contributed by atoms with E-state index in [1.54, 1.807) is 7.11 Å². The summed E-state index contributed by atoms with van der Waals surface area (Å²) in [5.74, 6) is 0.765. The fourth-order valence-corrected chi connectivity index (χ4v) is 1.59. The molecular formula is C11H16N2O3. The summed E-state index contributed by atoms with van der Waals surface area (Å²) in [6.45, 7) is 1.31. The average Bonchev–Trinajstić information content (AvgIpc) is 2.68. The van der Waals surface area contributed by atoms with Crippen LogP contribution >= 0.6 is 0 Å². The van der Waals surface area contributed by atoms with Crippen molar-refractivity contribution in [1.82, 2.24) is 0 Å². The first kappa shape index (κ1) is 11.2. The lowest BCUT2D eigenvalue weighted by Gasteiger charge is -2.09. The minimum absolute atomic E-state index is 0.419. The Kier molecular flexibility index (Phi) is 3.61. The number of para-hydroxylation sites is 1. The maximum absolute atomic E-state index is 5.73. The molecule has 5 nitrogen and oxygen atoms in total. The van der Waals surface area contributed by atoms with Gasteiger partial charge >= 0.3 is 0 Å². The van der Waals surface area contributed by atoms with E-state index in [9.17, 15) is 0 Å². The molecule has 0 radical (unpaired) electrons. The van der Waals surface area contributed by atoms with Crippen molar-refractivity contribution in [1.29, 1.82) is 0 Å². The Bertz CT molecular complexity index is 357. The first-order chi connectivity index (χ1) is 7.83. The molecule has 5 heteroatoms. The first-order valence-electron chi connectivity index (χ1n) is 5.25. The van der Waals surface area contributed by atoms with Gasteiger partial charge in [0.2, 0.25) is 0 Å². The van der Waals surface area contributed by atoms with Gasteiger partial charge in [0.05, 0.1) is 6.61 Å². The quantitative estimate of drug-likeness (QED) is 0.740. The number of anilines is 1. The fourth-order valence-electron chi connectivity index (χ4n) is 1.59. The summed E-state index contributed by atoms with van der Waals surface area (Å²) in [7, 11) is 1.68. The molecule has 1 aliphatic rings. The van der Waals surface area contributed by atoms with Crippen LogP contribution in [0.5, 0.6) is 5.75 Å². The lowest BCUT2D eigenvalue weighted by atomic mass is 10.1. The van der Waals surface area contributed by atoms with Gasteiger partial charge in [0.15, 0.2) is 6.23 Å². The highest BCUT2D eigenvalue weighted by atomic mass is 16.7. The van der Waals surface area contributed by atoms with Crippen LogP contribution in [0.2, 0.25) is 0 Å². The number of nitrogens with two attached hydrogens (primary N) is 1. The monoisotopic (exact) mass is 224 g/mol. The van der Waals surface area contributed by atoms with Gasteiger partial charge in [-0.15, -0.1) is 0 Å². The number of rotatable bonds is 5. The largest absolute Gasteiger partial charge is 0.491 e. The Balaban J connectivity index is 2.00. The molecule has 1 aliphatic heterocycles. The highest BCUT2D eigenvalue weighted by Crippen LogP contribution is 2.37. The van der Waals surface area contributed by atoms with Gasteiger partial charge in [-0.2, -0.15) is 0 Å². The van der Waals surface area contributed by atoms with Gasteiger partial charge in [0.1, 0.15) is 11.4 Å². The maximum atomic E-state index is 5.73. The number of hydrogen-bond acceptors (Lipinski definition) is 5. The van der Waals surface area contributed by atoms with Crippen molar-refractivity contribution >= 4 is 5.69 Å². The summed E-state index contributed by atoms with van der Waals surface area (Å²) >= 11 is 0. The Morgan fingerprint density at radius 2 is 2.31 bits per heavy atom. The van der Waals surface area contributed by atoms with Gasteiger partial charge in [0, 0.05) is 25.7 Å². The first-order valence-corrected chi connectivity index (χ1v) is 5.25. The third-order valence-electron chi connectivity index (χ3n) is 2.40. The molecule has 0 fully saturated rings. The van der Waals surface area contributed by atoms with Crippen molar-refractivity contribution in [3.8, 4) is 5.75 Å². The molecule has 1 aromatic carbocycles. The van der Waals surface area contributed by atoms with Crippen molar-refractivity contribution in [3.63, 3.8) is 0 Å². The maximum Gasteiger partial charge on any atom is 0.161 e. The van der Waals surface area contributed by atoms with E-state index in [1.165, 1.54) is 0 Å². The van der Waals surface area contributed by atoms with E-state index < -0.39 is 6.23 Å². The Morgan fingerprint density at radius 1 is 1.44 bits per heavy atom. The van der Waals surface area contributed by atoms with Crippen molar-refractivity contribution in [2.45, 2.75) is 12.6 Å². The van der Waals surface area contributed by atoms with Gasteiger partial charge in [-0.25, -0.2) is 0 Å². The molecule has 16 heavy (non-hydrogen) atoms. The van der Waals surface area contributed by atoms with Crippen LogP contribution in [0.25, 0.3) is 0 Å². The van der Waals surface area contributed by atoms with E-state index >= 15 is 0 Å². The number of benzene rings is 1. The second kappa shape index (κ2) is 5.16. The van der Waals surface area contributed by atoms with Crippen LogP contribution in [-0.4, -0.2) is 20.3 Å². The number of nitrogens with one attached hydrogen (secondary N) is 1. The van der Waals surface area contributed by atoms with Crippen LogP contribution in [0.15, 0.2) is 18.2 Å². The van der Waals surface area contributed by atoms with Crippen LogP contribution < -0.4 is 16.0 Å². The van der Waals surface area contributed by atoms with E-state index in [4.69, 9.17) is 20.0 Å². The van der Waals surface area contributed by atoms with Crippen LogP contribution in [-0.2, 0) is 9.57 Å². The molecule has 1 heterocycles. The smallest absolute Gasteiger partial charge is 0.161 e. The normalized spacial score (nSPS) is 18.0. The summed E-state index contributed by atoms with van der Waals surface area (Å²) in [5, 5.41) is 0. The predicted molar refractivity (Wildman–Crippen MR) is 60.1 cm³/mol. The average molecular weight is 224 g/mol. The fraction of sp³-hybridized carbons (Fsp3) is 0.455. The molecule has 1 atom stereocenters. The standard InChI is InChI=1S/C11H16N2O3/c1-14-6-3-7-15-9-5-2-4-8-10(9)13-16-11(8)12/h2,4-5,11,13H,3,6-7,12H2,1H3. The molecule has 0 saturated carbocycles. The van der Waals surface area contributed by atoms with Crippen LogP contribution in [0, 0.1) is 0 Å². The zero-order valence-electron chi connectivity index (χ0n) is 9.23. The zero-order chi connectivity index (χ0) is 11.4. The molecule has 1 unspecified atom stereocenters. The Morgan fingerprint density at radius 3 is 3.12 bits per heavy atom. The molecule has 3 N–H and O–H groups in total. The molecular weight excluding hydrogens is 208 g/mol. The highest BCUT2D eigenvalue weighted by molar-refractivity contribution is 5.63. The van der Waals surface area contributed by atoms with Crippen molar-refractivity contribution in [2.75, 3.05) is 25.8 Å². The van der Waals surface area contributed by atoms with E-state index in [0.717, 1.165) is 23.4 Å². The second-order valence-electron chi connectivity index (χ2n) is 3.56. The summed E-state index contributed by atoms with van der Waals surface area (Å²) in [5.41, 5.74) is 10.3. The van der Waals surface area contributed by atoms with Crippen molar-refractivity contribution < 1.29 is 14.3 Å². The lowest BCUT2D eigenvalue weighted by Crippen LogP contribution is -2.08. The van der Waals surface area contributed by atoms with Gasteiger partial charge in [0.25, 0.3) is 0 Å². The van der Waals surface area contributed by atoms with Crippen LogP contribution in [0.1, 0.15) is 18.2 Å². The minimum atomic E-state index is -0.419. The third kappa shape index (κ3) is 2.27. The number of fused-ring (bicyclic) bond motifs is 1. The Hall–Kier alpha value is -1.30. The van der Waals surface area contributed by atoms with Crippen LogP contribution in [0.3, 0.4) is 0 Å². The molecule has 0 amide bonds. The van der Waals surface area contributed by atoms with Gasteiger partial charge in [-0.1, -0.05) is 12.1 Å². The van der Waals surface area contributed by atoms with E-state index in [2.05, 4.69) is 5.48 Å². The van der Waals surface area contributed by atoms with Gasteiger partial charge in [-0.05, 0) is 6.07 Å². The molecule has 0 bridgehead atoms.